The molecule has 0 saturated heterocycles. The Bertz CT molecular complexity index is 542. The van der Waals surface area contributed by atoms with Crippen LogP contribution in [0.2, 0.25) is 0 Å². The molecule has 20 heavy (non-hydrogen) atoms. The van der Waals surface area contributed by atoms with Gasteiger partial charge in [0.1, 0.15) is 0 Å². The average Bonchev–Trinajstić information content (AvgIpc) is 2.85. The Morgan fingerprint density at radius 2 is 1.95 bits per heavy atom. The first-order valence-electron chi connectivity index (χ1n) is 6.05. The molecule has 0 atom stereocenters. The highest BCUT2D eigenvalue weighted by Gasteiger charge is 2.24. The highest BCUT2D eigenvalue weighted by atomic mass is 16.7. The summed E-state index contributed by atoms with van der Waals surface area (Å²) < 4.78 is 10.3. The van der Waals surface area contributed by atoms with Crippen molar-refractivity contribution in [2.24, 2.45) is 0 Å². The molecule has 0 saturated carbocycles. The van der Waals surface area contributed by atoms with E-state index < -0.39 is 17.4 Å². The Kier molecular flexibility index (Phi) is 3.80. The highest BCUT2D eigenvalue weighted by Crippen LogP contribution is 2.34. The highest BCUT2D eigenvalue weighted by molar-refractivity contribution is 6.39. The Morgan fingerprint density at radius 1 is 1.25 bits per heavy atom. The van der Waals surface area contributed by atoms with Gasteiger partial charge in [-0.05, 0) is 26.0 Å². The molecule has 0 fully saturated rings. The number of amides is 2. The number of hydrogen-bond donors (Lipinski definition) is 3. The van der Waals surface area contributed by atoms with Crippen LogP contribution in [0.4, 0.5) is 5.69 Å². The van der Waals surface area contributed by atoms with Gasteiger partial charge < -0.3 is 25.2 Å². The molecule has 0 unspecified atom stereocenters. The first kappa shape index (κ1) is 14.1. The van der Waals surface area contributed by atoms with Crippen LogP contribution in [0, 0.1) is 0 Å². The van der Waals surface area contributed by atoms with Crippen molar-refractivity contribution in [2.75, 3.05) is 18.7 Å². The standard InChI is InChI=1S/C13H16N2O5/c1-13(2,6-16)15-12(18)11(17)14-8-3-4-9-10(5-8)20-7-19-9/h3-5,16H,6-7H2,1-2H3,(H,14,17)(H,15,18). The molecule has 0 aromatic heterocycles. The molecule has 7 heteroatoms. The summed E-state index contributed by atoms with van der Waals surface area (Å²) in [6.07, 6.45) is 0. The van der Waals surface area contributed by atoms with Crippen molar-refractivity contribution in [3.8, 4) is 11.5 Å². The quantitative estimate of drug-likeness (QED) is 0.689. The minimum atomic E-state index is -0.858. The summed E-state index contributed by atoms with van der Waals surface area (Å²) in [4.78, 5) is 23.4. The van der Waals surface area contributed by atoms with Gasteiger partial charge in [-0.3, -0.25) is 9.59 Å². The molecular formula is C13H16N2O5. The van der Waals surface area contributed by atoms with Crippen molar-refractivity contribution in [2.45, 2.75) is 19.4 Å². The van der Waals surface area contributed by atoms with Crippen molar-refractivity contribution in [1.82, 2.24) is 5.32 Å². The predicted octanol–water partition coefficient (Wildman–Crippen LogP) is 0.241. The molecule has 1 aliphatic rings. The van der Waals surface area contributed by atoms with Crippen molar-refractivity contribution in [1.29, 1.82) is 0 Å². The number of carbonyl (C=O) groups is 2. The summed E-state index contributed by atoms with van der Waals surface area (Å²) in [5.41, 5.74) is -0.431. The van der Waals surface area contributed by atoms with Gasteiger partial charge in [-0.15, -0.1) is 0 Å². The second kappa shape index (κ2) is 5.38. The Morgan fingerprint density at radius 3 is 2.65 bits per heavy atom. The smallest absolute Gasteiger partial charge is 0.313 e. The van der Waals surface area contributed by atoms with E-state index >= 15 is 0 Å². The molecule has 2 rings (SSSR count). The minimum Gasteiger partial charge on any atom is -0.454 e. The fourth-order valence-corrected chi connectivity index (χ4v) is 1.57. The molecule has 2 amide bonds. The van der Waals surface area contributed by atoms with Crippen molar-refractivity contribution >= 4 is 17.5 Å². The number of rotatable bonds is 3. The molecule has 3 N–H and O–H groups in total. The molecule has 0 bridgehead atoms. The number of aliphatic hydroxyl groups is 1. The van der Waals surface area contributed by atoms with E-state index in [1.54, 1.807) is 32.0 Å². The maximum atomic E-state index is 11.7. The molecule has 7 nitrogen and oxygen atoms in total. The predicted molar refractivity (Wildman–Crippen MR) is 70.5 cm³/mol. The summed E-state index contributed by atoms with van der Waals surface area (Å²) >= 11 is 0. The van der Waals surface area contributed by atoms with Crippen LogP contribution in [0.5, 0.6) is 11.5 Å². The number of ether oxygens (including phenoxy) is 2. The van der Waals surface area contributed by atoms with Crippen LogP contribution < -0.4 is 20.1 Å². The maximum Gasteiger partial charge on any atom is 0.313 e. The summed E-state index contributed by atoms with van der Waals surface area (Å²) in [5, 5.41) is 13.9. The lowest BCUT2D eigenvalue weighted by atomic mass is 10.1. The number of fused-ring (bicyclic) bond motifs is 1. The normalized spacial score (nSPS) is 12.9. The molecular weight excluding hydrogens is 264 g/mol. The number of carbonyl (C=O) groups excluding carboxylic acids is 2. The minimum absolute atomic E-state index is 0.137. The van der Waals surface area contributed by atoms with Gasteiger partial charge >= 0.3 is 11.8 Å². The Balaban J connectivity index is 1.99. The first-order valence-corrected chi connectivity index (χ1v) is 6.05. The maximum absolute atomic E-state index is 11.7. The van der Waals surface area contributed by atoms with E-state index in [2.05, 4.69) is 10.6 Å². The van der Waals surface area contributed by atoms with Crippen molar-refractivity contribution in [3.05, 3.63) is 18.2 Å². The lowest BCUT2D eigenvalue weighted by Gasteiger charge is -2.22. The van der Waals surface area contributed by atoms with Crippen LogP contribution in [-0.2, 0) is 9.59 Å². The number of hydrogen-bond acceptors (Lipinski definition) is 5. The van der Waals surface area contributed by atoms with Crippen LogP contribution in [0.1, 0.15) is 13.8 Å². The lowest BCUT2D eigenvalue weighted by Crippen LogP contribution is -2.50. The van der Waals surface area contributed by atoms with Gasteiger partial charge in [0.2, 0.25) is 6.79 Å². The van der Waals surface area contributed by atoms with E-state index in [0.717, 1.165) is 0 Å². The molecule has 0 radical (unpaired) electrons. The van der Waals surface area contributed by atoms with Gasteiger partial charge in [-0.1, -0.05) is 0 Å². The van der Waals surface area contributed by atoms with Gasteiger partial charge in [-0.2, -0.15) is 0 Å². The number of aliphatic hydroxyl groups excluding tert-OH is 1. The van der Waals surface area contributed by atoms with Gasteiger partial charge in [0.15, 0.2) is 11.5 Å². The lowest BCUT2D eigenvalue weighted by molar-refractivity contribution is -0.137. The van der Waals surface area contributed by atoms with E-state index in [1.807, 2.05) is 0 Å². The van der Waals surface area contributed by atoms with Crippen molar-refractivity contribution in [3.63, 3.8) is 0 Å². The van der Waals surface area contributed by atoms with E-state index in [-0.39, 0.29) is 13.4 Å². The fourth-order valence-electron chi connectivity index (χ4n) is 1.57. The summed E-state index contributed by atoms with van der Waals surface area (Å²) in [7, 11) is 0. The van der Waals surface area contributed by atoms with Crippen LogP contribution >= 0.6 is 0 Å². The number of anilines is 1. The molecule has 108 valence electrons. The third-order valence-corrected chi connectivity index (χ3v) is 2.68. The fraction of sp³-hybridized carbons (Fsp3) is 0.385. The zero-order valence-corrected chi connectivity index (χ0v) is 11.2. The molecule has 1 aromatic carbocycles. The van der Waals surface area contributed by atoms with Crippen LogP contribution in [0.25, 0.3) is 0 Å². The number of benzene rings is 1. The monoisotopic (exact) mass is 280 g/mol. The summed E-state index contributed by atoms with van der Waals surface area (Å²) in [6, 6.07) is 4.83. The number of nitrogens with one attached hydrogen (secondary N) is 2. The first-order chi connectivity index (χ1) is 9.41. The van der Waals surface area contributed by atoms with Crippen molar-refractivity contribution < 1.29 is 24.2 Å². The molecule has 1 heterocycles. The third-order valence-electron chi connectivity index (χ3n) is 2.68. The average molecular weight is 280 g/mol. The van der Waals surface area contributed by atoms with Gasteiger partial charge in [-0.25, -0.2) is 0 Å². The SMILES string of the molecule is CC(C)(CO)NC(=O)C(=O)Nc1ccc2c(c1)OCO2. The van der Waals surface area contributed by atoms with E-state index in [0.29, 0.717) is 17.2 Å². The topological polar surface area (TPSA) is 96.9 Å². The van der Waals surface area contributed by atoms with E-state index in [4.69, 9.17) is 14.6 Å². The summed E-state index contributed by atoms with van der Waals surface area (Å²) in [6.45, 7) is 3.09. The summed E-state index contributed by atoms with van der Waals surface area (Å²) in [5.74, 6) is -0.528. The van der Waals surface area contributed by atoms with E-state index in [1.165, 1.54) is 0 Å². The second-order valence-corrected chi connectivity index (χ2v) is 5.02. The van der Waals surface area contributed by atoms with Gasteiger partial charge in [0, 0.05) is 11.8 Å². The molecule has 0 spiro atoms. The molecule has 1 aromatic rings. The van der Waals surface area contributed by atoms with Gasteiger partial charge in [0.25, 0.3) is 0 Å². The van der Waals surface area contributed by atoms with Crippen LogP contribution in [0.3, 0.4) is 0 Å². The molecule has 0 aliphatic carbocycles. The Labute approximate surface area is 115 Å². The van der Waals surface area contributed by atoms with Gasteiger partial charge in [0.05, 0.1) is 12.1 Å². The van der Waals surface area contributed by atoms with E-state index in [9.17, 15) is 9.59 Å². The Hall–Kier alpha value is -2.28. The van der Waals surface area contributed by atoms with Crippen LogP contribution in [0.15, 0.2) is 18.2 Å². The largest absolute Gasteiger partial charge is 0.454 e. The zero-order valence-electron chi connectivity index (χ0n) is 11.2. The second-order valence-electron chi connectivity index (χ2n) is 5.02. The third kappa shape index (κ3) is 3.18. The van der Waals surface area contributed by atoms with Crippen LogP contribution in [-0.4, -0.2) is 35.9 Å². The zero-order chi connectivity index (χ0) is 14.8. The molecule has 1 aliphatic heterocycles.